The number of phenols is 1. The van der Waals surface area contributed by atoms with E-state index in [1.54, 1.807) is 12.1 Å². The highest BCUT2D eigenvalue weighted by Crippen LogP contribution is 2.37. The number of amides is 1. The van der Waals surface area contributed by atoms with Gasteiger partial charge in [-0.1, -0.05) is 0 Å². The lowest BCUT2D eigenvalue weighted by Crippen LogP contribution is -2.52. The molecule has 0 atom stereocenters. The minimum Gasteiger partial charge on any atom is -0.508 e. The van der Waals surface area contributed by atoms with Crippen LogP contribution in [0.1, 0.15) is 36.2 Å². The van der Waals surface area contributed by atoms with Crippen molar-refractivity contribution in [2.24, 2.45) is 0 Å². The number of carbonyl (C=O) groups is 1. The molecular weight excluding hydrogens is 290 g/mol. The molecule has 2 fully saturated rings. The van der Waals surface area contributed by atoms with Gasteiger partial charge in [0.2, 0.25) is 0 Å². The minimum atomic E-state index is 0.0659. The number of hydrogen-bond acceptors (Lipinski definition) is 3. The Kier molecular flexibility index (Phi) is 3.34. The molecule has 0 bridgehead atoms. The Hall–Kier alpha value is -2.01. The Bertz CT molecular complexity index is 744. The molecule has 3 heterocycles. The quantitative estimate of drug-likeness (QED) is 0.851. The summed E-state index contributed by atoms with van der Waals surface area (Å²) in [6.07, 6.45) is 4.67. The highest BCUT2D eigenvalue weighted by Gasteiger charge is 2.41. The van der Waals surface area contributed by atoms with Crippen molar-refractivity contribution in [1.82, 2.24) is 14.8 Å². The third-order valence-electron chi connectivity index (χ3n) is 5.76. The van der Waals surface area contributed by atoms with Gasteiger partial charge in [-0.15, -0.1) is 0 Å². The molecule has 2 aliphatic rings. The highest BCUT2D eigenvalue weighted by molar-refractivity contribution is 5.98. The summed E-state index contributed by atoms with van der Waals surface area (Å²) in [6.45, 7) is 2.83. The lowest BCUT2D eigenvalue weighted by atomic mass is 9.85. The number of benzene rings is 1. The van der Waals surface area contributed by atoms with Crippen molar-refractivity contribution < 1.29 is 9.90 Å². The summed E-state index contributed by atoms with van der Waals surface area (Å²) >= 11 is 0. The molecule has 23 heavy (non-hydrogen) atoms. The smallest absolute Gasteiger partial charge is 0.270 e. The van der Waals surface area contributed by atoms with Crippen LogP contribution in [0.15, 0.2) is 24.3 Å². The number of aromatic amines is 1. The summed E-state index contributed by atoms with van der Waals surface area (Å²) in [5.41, 5.74) is 1.74. The van der Waals surface area contributed by atoms with Gasteiger partial charge in [-0.3, -0.25) is 4.79 Å². The maximum absolute atomic E-state index is 12.8. The van der Waals surface area contributed by atoms with Gasteiger partial charge in [0, 0.05) is 35.6 Å². The van der Waals surface area contributed by atoms with Crippen LogP contribution in [0.4, 0.5) is 0 Å². The first-order valence-electron chi connectivity index (χ1n) is 8.40. The predicted molar refractivity (Wildman–Crippen MR) is 89.7 cm³/mol. The number of H-pyrrole nitrogens is 1. The average Bonchev–Trinajstić information content (AvgIpc) is 3.12. The molecule has 0 unspecified atom stereocenters. The molecule has 2 aromatic rings. The number of piperidine rings is 1. The van der Waals surface area contributed by atoms with E-state index in [9.17, 15) is 9.90 Å². The fourth-order valence-corrected chi connectivity index (χ4v) is 4.23. The summed E-state index contributed by atoms with van der Waals surface area (Å²) in [7, 11) is 2.22. The van der Waals surface area contributed by atoms with Gasteiger partial charge in [-0.25, -0.2) is 0 Å². The van der Waals surface area contributed by atoms with E-state index in [4.69, 9.17) is 0 Å². The first-order chi connectivity index (χ1) is 11.1. The fraction of sp³-hybridized carbons (Fsp3) is 0.500. The number of carbonyl (C=O) groups excluding carboxylic acids is 1. The van der Waals surface area contributed by atoms with Gasteiger partial charge in [0.05, 0.1) is 0 Å². The Balaban J connectivity index is 1.51. The molecule has 0 radical (unpaired) electrons. The van der Waals surface area contributed by atoms with Crippen LogP contribution < -0.4 is 0 Å². The summed E-state index contributed by atoms with van der Waals surface area (Å²) in [5, 5.41) is 10.5. The number of nitrogens with one attached hydrogen (secondary N) is 1. The Morgan fingerprint density at radius 1 is 1.17 bits per heavy atom. The summed E-state index contributed by atoms with van der Waals surface area (Å²) < 4.78 is 0. The van der Waals surface area contributed by atoms with Crippen molar-refractivity contribution in [2.75, 3.05) is 26.7 Å². The summed E-state index contributed by atoms with van der Waals surface area (Å²) in [5.74, 6) is 0.277. The molecule has 2 saturated heterocycles. The van der Waals surface area contributed by atoms with Gasteiger partial charge in [0.1, 0.15) is 11.4 Å². The third-order valence-corrected chi connectivity index (χ3v) is 5.76. The molecular formula is C18H23N3O2. The maximum atomic E-state index is 12.8. The van der Waals surface area contributed by atoms with Crippen LogP contribution in [0.2, 0.25) is 0 Å². The van der Waals surface area contributed by atoms with E-state index in [0.29, 0.717) is 11.2 Å². The van der Waals surface area contributed by atoms with Gasteiger partial charge >= 0.3 is 0 Å². The third kappa shape index (κ3) is 2.39. The van der Waals surface area contributed by atoms with Crippen LogP contribution in [-0.4, -0.2) is 58.0 Å². The van der Waals surface area contributed by atoms with Gasteiger partial charge < -0.3 is 19.9 Å². The molecule has 4 rings (SSSR count). The van der Waals surface area contributed by atoms with Crippen molar-refractivity contribution in [1.29, 1.82) is 0 Å². The number of likely N-dealkylation sites (tertiary alicyclic amines) is 2. The van der Waals surface area contributed by atoms with Crippen LogP contribution in [0.3, 0.4) is 0 Å². The molecule has 122 valence electrons. The van der Waals surface area contributed by atoms with Gasteiger partial charge in [0.15, 0.2) is 0 Å². The SMILES string of the molecule is CN1CCCC12CCN(C(=O)c1cc3ccc(O)cc3[nH]1)CC2. The van der Waals surface area contributed by atoms with Crippen molar-refractivity contribution in [2.45, 2.75) is 31.2 Å². The lowest BCUT2D eigenvalue weighted by Gasteiger charge is -2.43. The number of hydrogen-bond donors (Lipinski definition) is 2. The molecule has 2 aliphatic heterocycles. The van der Waals surface area contributed by atoms with Crippen molar-refractivity contribution >= 4 is 16.8 Å². The largest absolute Gasteiger partial charge is 0.508 e. The van der Waals surface area contributed by atoms with E-state index in [-0.39, 0.29) is 11.7 Å². The second-order valence-electron chi connectivity index (χ2n) is 7.00. The topological polar surface area (TPSA) is 59.6 Å². The number of rotatable bonds is 1. The molecule has 5 heteroatoms. The van der Waals surface area contributed by atoms with E-state index in [0.717, 1.165) is 36.8 Å². The molecule has 1 spiro atoms. The normalized spacial score (nSPS) is 21.3. The van der Waals surface area contributed by atoms with Crippen molar-refractivity contribution in [3.05, 3.63) is 30.0 Å². The molecule has 0 aliphatic carbocycles. The zero-order valence-corrected chi connectivity index (χ0v) is 13.5. The van der Waals surface area contributed by atoms with Crippen LogP contribution in [0, 0.1) is 0 Å². The number of phenolic OH excluding ortho intramolecular Hbond substituents is 1. The first kappa shape index (κ1) is 14.6. The highest BCUT2D eigenvalue weighted by atomic mass is 16.3. The standard InChI is InChI=1S/C18H23N3O2/c1-20-8-2-5-18(20)6-9-21(10-7-18)17(23)16-11-13-3-4-14(22)12-15(13)19-16/h3-4,11-12,19,22H,2,5-10H2,1H3. The molecule has 1 aromatic heterocycles. The van der Waals surface area contributed by atoms with Gasteiger partial charge in [0.25, 0.3) is 5.91 Å². The second kappa shape index (κ2) is 5.27. The van der Waals surface area contributed by atoms with Crippen LogP contribution in [0.25, 0.3) is 10.9 Å². The molecule has 1 aromatic carbocycles. The van der Waals surface area contributed by atoms with E-state index >= 15 is 0 Å². The molecule has 0 saturated carbocycles. The monoisotopic (exact) mass is 313 g/mol. The summed E-state index contributed by atoms with van der Waals surface area (Å²) in [4.78, 5) is 20.3. The zero-order chi connectivity index (χ0) is 16.0. The van der Waals surface area contributed by atoms with E-state index in [1.165, 1.54) is 19.4 Å². The van der Waals surface area contributed by atoms with Crippen molar-refractivity contribution in [3.63, 3.8) is 0 Å². The minimum absolute atomic E-state index is 0.0659. The average molecular weight is 313 g/mol. The number of aromatic hydroxyl groups is 1. The summed E-state index contributed by atoms with van der Waals surface area (Å²) in [6, 6.07) is 7.01. The maximum Gasteiger partial charge on any atom is 0.270 e. The van der Waals surface area contributed by atoms with E-state index in [1.807, 2.05) is 17.0 Å². The number of aromatic nitrogens is 1. The Morgan fingerprint density at radius 3 is 2.65 bits per heavy atom. The van der Waals surface area contributed by atoms with Crippen LogP contribution in [-0.2, 0) is 0 Å². The van der Waals surface area contributed by atoms with Crippen molar-refractivity contribution in [3.8, 4) is 5.75 Å². The Labute approximate surface area is 135 Å². The number of nitrogens with zero attached hydrogens (tertiary/aromatic N) is 2. The second-order valence-corrected chi connectivity index (χ2v) is 7.00. The lowest BCUT2D eigenvalue weighted by molar-refractivity contribution is 0.0488. The number of fused-ring (bicyclic) bond motifs is 1. The van der Waals surface area contributed by atoms with Gasteiger partial charge in [-0.05, 0) is 57.5 Å². The zero-order valence-electron chi connectivity index (χ0n) is 13.5. The first-order valence-corrected chi connectivity index (χ1v) is 8.40. The van der Waals surface area contributed by atoms with E-state index < -0.39 is 0 Å². The Morgan fingerprint density at radius 2 is 1.96 bits per heavy atom. The molecule has 5 nitrogen and oxygen atoms in total. The van der Waals surface area contributed by atoms with Gasteiger partial charge in [-0.2, -0.15) is 0 Å². The van der Waals surface area contributed by atoms with Crippen LogP contribution >= 0.6 is 0 Å². The van der Waals surface area contributed by atoms with E-state index in [2.05, 4.69) is 16.9 Å². The fourth-order valence-electron chi connectivity index (χ4n) is 4.23. The molecule has 2 N–H and O–H groups in total. The van der Waals surface area contributed by atoms with Crippen LogP contribution in [0.5, 0.6) is 5.75 Å². The molecule has 1 amide bonds. The predicted octanol–water partition coefficient (Wildman–Crippen LogP) is 2.57.